The largest absolute Gasteiger partial charge is 0.490 e. The van der Waals surface area contributed by atoms with Gasteiger partial charge in [-0.25, -0.2) is 4.98 Å². The van der Waals surface area contributed by atoms with Crippen LogP contribution in [-0.2, 0) is 0 Å². The van der Waals surface area contributed by atoms with Gasteiger partial charge >= 0.3 is 0 Å². The Kier molecular flexibility index (Phi) is 8.04. The van der Waals surface area contributed by atoms with Crippen LogP contribution in [0.15, 0.2) is 60.9 Å². The van der Waals surface area contributed by atoms with Gasteiger partial charge in [0.25, 0.3) is 0 Å². The molecule has 0 unspecified atom stereocenters. The van der Waals surface area contributed by atoms with Crippen molar-refractivity contribution < 1.29 is 20.1 Å². The van der Waals surface area contributed by atoms with E-state index >= 15 is 0 Å². The lowest BCUT2D eigenvalue weighted by Gasteiger charge is -2.43. The Bertz CT molecular complexity index is 1240. The van der Waals surface area contributed by atoms with Gasteiger partial charge in [-0.2, -0.15) is 5.26 Å². The number of nitriles is 1. The lowest BCUT2D eigenvalue weighted by Crippen LogP contribution is -2.55. The minimum atomic E-state index is -0.804. The van der Waals surface area contributed by atoms with Crippen molar-refractivity contribution in [3.63, 3.8) is 0 Å². The summed E-state index contributed by atoms with van der Waals surface area (Å²) < 4.78 is 7.65. The van der Waals surface area contributed by atoms with Crippen LogP contribution in [0.5, 0.6) is 5.75 Å². The van der Waals surface area contributed by atoms with Crippen LogP contribution in [0.1, 0.15) is 43.3 Å². The molecule has 1 aliphatic rings. The van der Waals surface area contributed by atoms with E-state index in [2.05, 4.69) is 22.1 Å². The Morgan fingerprint density at radius 2 is 1.83 bits per heavy atom. The number of ether oxygens (including phenoxy) is 1. The van der Waals surface area contributed by atoms with E-state index in [9.17, 15) is 15.3 Å². The Hall–Kier alpha value is -3.66. The molecule has 1 fully saturated rings. The topological polar surface area (TPSA) is 124 Å². The van der Waals surface area contributed by atoms with Gasteiger partial charge in [-0.15, -0.1) is 0 Å². The maximum atomic E-state index is 10.4. The summed E-state index contributed by atoms with van der Waals surface area (Å²) in [5, 5.41) is 41.5. The third-order valence-electron chi connectivity index (χ3n) is 6.21. The van der Waals surface area contributed by atoms with Gasteiger partial charge in [0.05, 0.1) is 24.8 Å². The first-order chi connectivity index (χ1) is 17.4. The van der Waals surface area contributed by atoms with Crippen LogP contribution in [0.3, 0.4) is 0 Å². The van der Waals surface area contributed by atoms with Crippen molar-refractivity contribution in [1.82, 2.24) is 14.9 Å². The Morgan fingerprint density at radius 3 is 2.44 bits per heavy atom. The first kappa shape index (κ1) is 25.4. The summed E-state index contributed by atoms with van der Waals surface area (Å²) >= 11 is 0. The maximum Gasteiger partial charge on any atom is 0.138 e. The Balaban J connectivity index is 1.34. The average molecular weight is 487 g/mol. The predicted molar refractivity (Wildman–Crippen MR) is 135 cm³/mol. The number of rotatable bonds is 9. The van der Waals surface area contributed by atoms with Gasteiger partial charge in [0.15, 0.2) is 0 Å². The van der Waals surface area contributed by atoms with Gasteiger partial charge in [-0.05, 0) is 42.3 Å². The molecule has 0 aliphatic heterocycles. The quantitative estimate of drug-likeness (QED) is 0.208. The number of imidazole rings is 1. The molecule has 8 nitrogen and oxygen atoms in total. The summed E-state index contributed by atoms with van der Waals surface area (Å²) in [6, 6.07) is 17.2. The minimum Gasteiger partial charge on any atom is -0.490 e. The van der Waals surface area contributed by atoms with Gasteiger partial charge in [-0.3, -0.25) is 0 Å². The highest BCUT2D eigenvalue weighted by Gasteiger charge is 2.43. The fourth-order valence-electron chi connectivity index (χ4n) is 4.31. The number of hydrogen-bond acceptors (Lipinski definition) is 7. The maximum absolute atomic E-state index is 10.4. The Labute approximate surface area is 210 Å². The van der Waals surface area contributed by atoms with Gasteiger partial charge in [0.1, 0.15) is 29.8 Å². The van der Waals surface area contributed by atoms with E-state index in [0.717, 1.165) is 22.4 Å². The van der Waals surface area contributed by atoms with Crippen LogP contribution in [-0.4, -0.2) is 56.3 Å². The summed E-state index contributed by atoms with van der Waals surface area (Å²) in [6.45, 7) is 2.06. The zero-order valence-corrected chi connectivity index (χ0v) is 20.1. The van der Waals surface area contributed by atoms with Crippen molar-refractivity contribution >= 4 is 0 Å². The molecule has 36 heavy (non-hydrogen) atoms. The predicted octanol–water partition coefficient (Wildman–Crippen LogP) is 2.57. The van der Waals surface area contributed by atoms with E-state index in [4.69, 9.17) is 10.00 Å². The first-order valence-electron chi connectivity index (χ1n) is 11.9. The van der Waals surface area contributed by atoms with Crippen LogP contribution in [0.4, 0.5) is 0 Å². The monoisotopic (exact) mass is 486 g/mol. The minimum absolute atomic E-state index is 0.0377. The number of nitrogens with zero attached hydrogens (tertiary/aromatic N) is 3. The third kappa shape index (κ3) is 6.12. The summed E-state index contributed by atoms with van der Waals surface area (Å²) in [6.07, 6.45) is 3.57. The number of nitrogens with one attached hydrogen (secondary N) is 1. The van der Waals surface area contributed by atoms with E-state index in [-0.39, 0.29) is 19.3 Å². The molecule has 8 heteroatoms. The van der Waals surface area contributed by atoms with Gasteiger partial charge in [-0.1, -0.05) is 36.1 Å². The normalized spacial score (nSPS) is 20.4. The molecule has 1 aromatic heterocycles. The van der Waals surface area contributed by atoms with Crippen LogP contribution in [0, 0.1) is 23.2 Å². The smallest absolute Gasteiger partial charge is 0.138 e. The molecule has 2 aromatic carbocycles. The zero-order valence-electron chi connectivity index (χ0n) is 20.1. The van der Waals surface area contributed by atoms with Crippen LogP contribution >= 0.6 is 0 Å². The molecule has 0 bridgehead atoms. The highest BCUT2D eigenvalue weighted by Crippen LogP contribution is 2.35. The SMILES string of the molecule is C[C@H](O)c1nccn1[C@@H](C#Cc1ccc(-c2ccc(OC3CC(O)(CNCC#N)C3)cc2)cc1)CO. The van der Waals surface area contributed by atoms with Gasteiger partial charge < -0.3 is 29.9 Å². The molecule has 1 heterocycles. The fourth-order valence-corrected chi connectivity index (χ4v) is 4.31. The van der Waals surface area contributed by atoms with E-state index in [1.165, 1.54) is 0 Å². The second kappa shape index (κ2) is 11.4. The molecule has 1 aliphatic carbocycles. The van der Waals surface area contributed by atoms with Crippen molar-refractivity contribution in [3.05, 3.63) is 72.3 Å². The van der Waals surface area contributed by atoms with Crippen LogP contribution in [0.25, 0.3) is 11.1 Å². The molecule has 0 saturated heterocycles. The Morgan fingerprint density at radius 1 is 1.17 bits per heavy atom. The molecule has 186 valence electrons. The van der Waals surface area contributed by atoms with Crippen molar-refractivity contribution in [3.8, 4) is 34.8 Å². The molecule has 2 atom stereocenters. The molecule has 0 amide bonds. The number of aliphatic hydroxyl groups excluding tert-OH is 2. The van der Waals surface area contributed by atoms with E-state index < -0.39 is 17.7 Å². The van der Waals surface area contributed by atoms with Crippen molar-refractivity contribution in [1.29, 1.82) is 5.26 Å². The summed E-state index contributed by atoms with van der Waals surface area (Å²) in [7, 11) is 0. The van der Waals surface area contributed by atoms with Gasteiger partial charge in [0, 0.05) is 37.3 Å². The highest BCUT2D eigenvalue weighted by atomic mass is 16.5. The lowest BCUT2D eigenvalue weighted by molar-refractivity contribution is -0.0997. The van der Waals surface area contributed by atoms with Crippen LogP contribution in [0.2, 0.25) is 0 Å². The molecular formula is C28H30N4O4. The lowest BCUT2D eigenvalue weighted by atomic mass is 9.77. The third-order valence-corrected chi connectivity index (χ3v) is 6.21. The zero-order chi connectivity index (χ0) is 25.5. The van der Waals surface area contributed by atoms with Crippen LogP contribution < -0.4 is 10.1 Å². The molecular weight excluding hydrogens is 456 g/mol. The second-order valence-electron chi connectivity index (χ2n) is 9.07. The fraction of sp³-hybridized carbons (Fsp3) is 0.357. The molecule has 0 spiro atoms. The summed E-state index contributed by atoms with van der Waals surface area (Å²) in [4.78, 5) is 4.14. The van der Waals surface area contributed by atoms with Gasteiger partial charge in [0.2, 0.25) is 0 Å². The van der Waals surface area contributed by atoms with Crippen molar-refractivity contribution in [2.24, 2.45) is 0 Å². The number of benzene rings is 2. The molecule has 4 N–H and O–H groups in total. The molecule has 4 rings (SSSR count). The van der Waals surface area contributed by atoms with E-state index in [1.807, 2.05) is 54.6 Å². The molecule has 3 aromatic rings. The summed E-state index contributed by atoms with van der Waals surface area (Å²) in [5.41, 5.74) is 2.10. The van der Waals surface area contributed by atoms with Crippen molar-refractivity contribution in [2.45, 2.75) is 43.6 Å². The van der Waals surface area contributed by atoms with E-state index in [1.54, 1.807) is 23.9 Å². The standard InChI is InChI=1S/C28H30N4O4/c1-20(34)27-31-14-15-32(27)24(18-33)9-4-21-2-5-22(6-3-21)23-7-10-25(11-8-23)36-26-16-28(35,17-26)19-30-13-12-29/h2-3,5-8,10-11,14-15,20,24,26,30,33-35H,13,16-19H2,1H3/t20-,24-,26?,28?/m0/s1. The highest BCUT2D eigenvalue weighted by molar-refractivity contribution is 5.65. The molecule has 1 saturated carbocycles. The summed E-state index contributed by atoms with van der Waals surface area (Å²) in [5.74, 6) is 7.37. The number of aromatic nitrogens is 2. The van der Waals surface area contributed by atoms with E-state index in [0.29, 0.717) is 25.2 Å². The number of aliphatic hydroxyl groups is 3. The number of hydrogen-bond donors (Lipinski definition) is 4. The average Bonchev–Trinajstić information content (AvgIpc) is 3.35. The molecule has 0 radical (unpaired) electrons. The van der Waals surface area contributed by atoms with Crippen molar-refractivity contribution in [2.75, 3.05) is 19.7 Å². The first-order valence-corrected chi connectivity index (χ1v) is 11.9. The second-order valence-corrected chi connectivity index (χ2v) is 9.07.